The van der Waals surface area contributed by atoms with Crippen molar-refractivity contribution in [3.63, 3.8) is 0 Å². The van der Waals surface area contributed by atoms with Crippen LogP contribution in [0, 0.1) is 0 Å². The van der Waals surface area contributed by atoms with Crippen LogP contribution in [0.3, 0.4) is 0 Å². The molecular weight excluding hydrogens is 336 g/mol. The standard InChI is InChI=1S/C18H34N4O4/c1-18(2,3)26-17(23)22-12-14(13-22)21-16(19-4)20-8-5-9-25-15-6-10-24-11-7-15/h14-15H,5-13H2,1-4H3,(H2,19,20,21). The number of amides is 1. The molecule has 0 spiro atoms. The molecule has 2 aliphatic rings. The van der Waals surface area contributed by atoms with Gasteiger partial charge in [-0.3, -0.25) is 4.99 Å². The van der Waals surface area contributed by atoms with E-state index < -0.39 is 5.60 Å². The molecule has 0 aromatic carbocycles. The van der Waals surface area contributed by atoms with Crippen molar-refractivity contribution < 1.29 is 19.0 Å². The molecule has 0 unspecified atom stereocenters. The van der Waals surface area contributed by atoms with E-state index in [0.717, 1.165) is 51.6 Å². The van der Waals surface area contributed by atoms with E-state index in [2.05, 4.69) is 15.6 Å². The molecule has 1 amide bonds. The minimum Gasteiger partial charge on any atom is -0.444 e. The van der Waals surface area contributed by atoms with E-state index in [1.54, 1.807) is 11.9 Å². The number of rotatable bonds is 6. The molecule has 0 aromatic heterocycles. The van der Waals surface area contributed by atoms with Crippen molar-refractivity contribution in [2.24, 2.45) is 4.99 Å². The van der Waals surface area contributed by atoms with Crippen molar-refractivity contribution in [1.82, 2.24) is 15.5 Å². The molecule has 0 atom stereocenters. The Morgan fingerprint density at radius 1 is 1.27 bits per heavy atom. The molecule has 2 rings (SSSR count). The lowest BCUT2D eigenvalue weighted by atomic mass is 10.1. The average molecular weight is 370 g/mol. The van der Waals surface area contributed by atoms with Gasteiger partial charge in [0.15, 0.2) is 5.96 Å². The lowest BCUT2D eigenvalue weighted by Gasteiger charge is -2.40. The third kappa shape index (κ3) is 7.37. The van der Waals surface area contributed by atoms with Crippen molar-refractivity contribution in [2.45, 2.75) is 57.8 Å². The third-order valence-electron chi connectivity index (χ3n) is 4.23. The summed E-state index contributed by atoms with van der Waals surface area (Å²) in [5.41, 5.74) is -0.458. The van der Waals surface area contributed by atoms with Gasteiger partial charge in [-0.05, 0) is 40.0 Å². The highest BCUT2D eigenvalue weighted by Gasteiger charge is 2.34. The van der Waals surface area contributed by atoms with E-state index in [1.807, 2.05) is 20.8 Å². The maximum atomic E-state index is 11.9. The van der Waals surface area contributed by atoms with Gasteiger partial charge in [-0.2, -0.15) is 0 Å². The fourth-order valence-electron chi connectivity index (χ4n) is 2.80. The molecule has 8 nitrogen and oxygen atoms in total. The lowest BCUT2D eigenvalue weighted by molar-refractivity contribution is -0.0320. The Morgan fingerprint density at radius 3 is 2.58 bits per heavy atom. The van der Waals surface area contributed by atoms with E-state index in [4.69, 9.17) is 14.2 Å². The SMILES string of the molecule is CN=C(NCCCOC1CCOCC1)NC1CN(C(=O)OC(C)(C)C)C1. The first-order valence-electron chi connectivity index (χ1n) is 9.52. The molecule has 0 radical (unpaired) electrons. The van der Waals surface area contributed by atoms with Crippen LogP contribution >= 0.6 is 0 Å². The van der Waals surface area contributed by atoms with Gasteiger partial charge in [0.25, 0.3) is 0 Å². The summed E-state index contributed by atoms with van der Waals surface area (Å²) >= 11 is 0. The molecule has 150 valence electrons. The first-order valence-corrected chi connectivity index (χ1v) is 9.52. The van der Waals surface area contributed by atoms with Crippen molar-refractivity contribution in [3.05, 3.63) is 0 Å². The molecule has 2 saturated heterocycles. The maximum Gasteiger partial charge on any atom is 0.410 e. The summed E-state index contributed by atoms with van der Waals surface area (Å²) in [5, 5.41) is 6.61. The van der Waals surface area contributed by atoms with Gasteiger partial charge in [-0.1, -0.05) is 0 Å². The van der Waals surface area contributed by atoms with Crippen LogP contribution in [-0.2, 0) is 14.2 Å². The summed E-state index contributed by atoms with van der Waals surface area (Å²) in [6.07, 6.45) is 2.99. The minimum absolute atomic E-state index is 0.201. The number of likely N-dealkylation sites (tertiary alicyclic amines) is 1. The number of nitrogens with zero attached hydrogens (tertiary/aromatic N) is 2. The highest BCUT2D eigenvalue weighted by molar-refractivity contribution is 5.80. The topological polar surface area (TPSA) is 84.4 Å². The normalized spacial score (nSPS) is 19.8. The van der Waals surface area contributed by atoms with Crippen LogP contribution in [0.4, 0.5) is 4.79 Å². The Kier molecular flexibility index (Phi) is 7.96. The van der Waals surface area contributed by atoms with Gasteiger partial charge < -0.3 is 29.7 Å². The summed E-state index contributed by atoms with van der Waals surface area (Å²) in [4.78, 5) is 17.8. The fourth-order valence-corrected chi connectivity index (χ4v) is 2.80. The Bertz CT molecular complexity index is 466. The molecule has 0 saturated carbocycles. The molecule has 2 heterocycles. The van der Waals surface area contributed by atoms with Gasteiger partial charge in [0.05, 0.1) is 12.1 Å². The van der Waals surface area contributed by atoms with Crippen molar-refractivity contribution in [3.8, 4) is 0 Å². The molecule has 0 aromatic rings. The zero-order chi connectivity index (χ0) is 19.0. The van der Waals surface area contributed by atoms with Crippen LogP contribution in [0.1, 0.15) is 40.0 Å². The Labute approximate surface area is 156 Å². The Balaban J connectivity index is 1.54. The summed E-state index contributed by atoms with van der Waals surface area (Å²) < 4.78 is 16.5. The van der Waals surface area contributed by atoms with Crippen LogP contribution in [0.25, 0.3) is 0 Å². The number of carbonyl (C=O) groups excluding carboxylic acids is 1. The molecule has 8 heteroatoms. The smallest absolute Gasteiger partial charge is 0.410 e. The second kappa shape index (κ2) is 9.97. The van der Waals surface area contributed by atoms with Gasteiger partial charge in [0.2, 0.25) is 0 Å². The summed E-state index contributed by atoms with van der Waals surface area (Å²) in [6, 6.07) is 0.201. The number of aliphatic imine (C=N–C) groups is 1. The second-order valence-electron chi connectivity index (χ2n) is 7.76. The fraction of sp³-hybridized carbons (Fsp3) is 0.889. The summed E-state index contributed by atoms with van der Waals surface area (Å²) in [7, 11) is 1.75. The molecule has 2 aliphatic heterocycles. The lowest BCUT2D eigenvalue weighted by Crippen LogP contribution is -2.63. The number of hydrogen-bond donors (Lipinski definition) is 2. The highest BCUT2D eigenvalue weighted by Crippen LogP contribution is 2.15. The molecule has 2 N–H and O–H groups in total. The van der Waals surface area contributed by atoms with E-state index in [0.29, 0.717) is 19.2 Å². The van der Waals surface area contributed by atoms with Gasteiger partial charge in [-0.15, -0.1) is 0 Å². The van der Waals surface area contributed by atoms with Crippen LogP contribution in [0.5, 0.6) is 0 Å². The van der Waals surface area contributed by atoms with E-state index in [9.17, 15) is 4.79 Å². The largest absolute Gasteiger partial charge is 0.444 e. The van der Waals surface area contributed by atoms with Gasteiger partial charge >= 0.3 is 6.09 Å². The molecule has 0 bridgehead atoms. The molecule has 2 fully saturated rings. The predicted octanol–water partition coefficient (Wildman–Crippen LogP) is 1.36. The quantitative estimate of drug-likeness (QED) is 0.417. The van der Waals surface area contributed by atoms with Crippen LogP contribution in [0.15, 0.2) is 4.99 Å². The Hall–Kier alpha value is -1.54. The molecule has 26 heavy (non-hydrogen) atoms. The minimum atomic E-state index is -0.458. The monoisotopic (exact) mass is 370 g/mol. The second-order valence-corrected chi connectivity index (χ2v) is 7.76. The van der Waals surface area contributed by atoms with Crippen LogP contribution < -0.4 is 10.6 Å². The summed E-state index contributed by atoms with van der Waals surface area (Å²) in [6.45, 7) is 10.0. The van der Waals surface area contributed by atoms with E-state index in [1.165, 1.54) is 0 Å². The highest BCUT2D eigenvalue weighted by atomic mass is 16.6. The third-order valence-corrected chi connectivity index (χ3v) is 4.23. The number of carbonyl (C=O) groups is 1. The number of guanidine groups is 1. The number of nitrogens with one attached hydrogen (secondary N) is 2. The maximum absolute atomic E-state index is 11.9. The van der Waals surface area contributed by atoms with Crippen molar-refractivity contribution >= 4 is 12.1 Å². The van der Waals surface area contributed by atoms with Gasteiger partial charge in [0.1, 0.15) is 5.60 Å². The van der Waals surface area contributed by atoms with Gasteiger partial charge in [-0.25, -0.2) is 4.79 Å². The van der Waals surface area contributed by atoms with E-state index >= 15 is 0 Å². The van der Waals surface area contributed by atoms with Crippen LogP contribution in [-0.4, -0.2) is 81.2 Å². The zero-order valence-electron chi connectivity index (χ0n) is 16.5. The summed E-state index contributed by atoms with van der Waals surface area (Å²) in [5.74, 6) is 0.755. The predicted molar refractivity (Wildman–Crippen MR) is 101 cm³/mol. The zero-order valence-corrected chi connectivity index (χ0v) is 16.5. The van der Waals surface area contributed by atoms with Crippen molar-refractivity contribution in [1.29, 1.82) is 0 Å². The average Bonchev–Trinajstić information content (AvgIpc) is 2.54. The number of hydrogen-bond acceptors (Lipinski definition) is 5. The molecule has 0 aliphatic carbocycles. The van der Waals surface area contributed by atoms with E-state index in [-0.39, 0.29) is 12.1 Å². The van der Waals surface area contributed by atoms with Gasteiger partial charge in [0, 0.05) is 46.5 Å². The molecular formula is C18H34N4O4. The Morgan fingerprint density at radius 2 is 1.96 bits per heavy atom. The number of ether oxygens (including phenoxy) is 3. The first kappa shape index (κ1) is 20.8. The van der Waals surface area contributed by atoms with Crippen molar-refractivity contribution in [2.75, 3.05) is 46.5 Å². The van der Waals surface area contributed by atoms with Crippen LogP contribution in [0.2, 0.25) is 0 Å². The first-order chi connectivity index (χ1) is 12.4.